The fraction of sp³-hybridized carbons (Fsp3) is 0.333. The molecule has 0 spiro atoms. The Morgan fingerprint density at radius 3 is 2.84 bits per heavy atom. The first-order valence-corrected chi connectivity index (χ1v) is 11.3. The number of Topliss-reactive ketones (excluding diaryl/α,β-unsaturated/α-hetero) is 1. The zero-order chi connectivity index (χ0) is 21.5. The van der Waals surface area contributed by atoms with E-state index in [-0.39, 0.29) is 11.8 Å². The number of carbonyl (C=O) groups excluding carboxylic acids is 1. The number of H-pyrrole nitrogens is 1. The molecule has 1 aliphatic carbocycles. The Bertz CT molecular complexity index is 1260. The Morgan fingerprint density at radius 1 is 1.12 bits per heavy atom. The van der Waals surface area contributed by atoms with Crippen LogP contribution in [0.3, 0.4) is 0 Å². The van der Waals surface area contributed by atoms with Crippen molar-refractivity contribution in [2.45, 2.75) is 44.1 Å². The Hall–Kier alpha value is -3.68. The number of nitrogens with one attached hydrogen (secondary N) is 2. The summed E-state index contributed by atoms with van der Waals surface area (Å²) in [7, 11) is 0. The predicted octanol–water partition coefficient (Wildman–Crippen LogP) is 3.85. The molecule has 4 heterocycles. The molecular formula is C24H25N7O. The minimum absolute atomic E-state index is 0.206. The van der Waals surface area contributed by atoms with Crippen LogP contribution >= 0.6 is 0 Å². The summed E-state index contributed by atoms with van der Waals surface area (Å²) >= 11 is 0. The van der Waals surface area contributed by atoms with Crippen molar-refractivity contribution in [3.8, 4) is 0 Å². The van der Waals surface area contributed by atoms with Crippen LogP contribution in [-0.2, 0) is 11.2 Å². The number of benzene rings is 1. The Labute approximate surface area is 185 Å². The van der Waals surface area contributed by atoms with Gasteiger partial charge in [-0.25, -0.2) is 4.52 Å². The molecule has 1 atom stereocenters. The predicted molar refractivity (Wildman–Crippen MR) is 122 cm³/mol. The van der Waals surface area contributed by atoms with Crippen LogP contribution in [0.5, 0.6) is 0 Å². The molecule has 2 N–H and O–H groups in total. The van der Waals surface area contributed by atoms with Gasteiger partial charge in [0.2, 0.25) is 5.95 Å². The fourth-order valence-corrected chi connectivity index (χ4v) is 4.52. The van der Waals surface area contributed by atoms with Crippen LogP contribution in [0.4, 0.5) is 17.6 Å². The molecule has 2 aliphatic rings. The fourth-order valence-electron chi connectivity index (χ4n) is 4.52. The van der Waals surface area contributed by atoms with Crippen molar-refractivity contribution in [3.63, 3.8) is 0 Å². The van der Waals surface area contributed by atoms with Gasteiger partial charge in [-0.2, -0.15) is 10.1 Å². The van der Waals surface area contributed by atoms with Crippen molar-refractivity contribution in [1.82, 2.24) is 24.8 Å². The van der Waals surface area contributed by atoms with Crippen LogP contribution in [-0.4, -0.2) is 43.2 Å². The van der Waals surface area contributed by atoms with E-state index in [1.165, 1.54) is 18.5 Å². The first kappa shape index (κ1) is 19.0. The zero-order valence-corrected chi connectivity index (χ0v) is 17.7. The number of nitrogens with zero attached hydrogens (tertiary/aromatic N) is 5. The summed E-state index contributed by atoms with van der Waals surface area (Å²) in [6, 6.07) is 15.7. The van der Waals surface area contributed by atoms with Crippen LogP contribution in [0, 0.1) is 0 Å². The summed E-state index contributed by atoms with van der Waals surface area (Å²) in [6.07, 6.45) is 6.54. The van der Waals surface area contributed by atoms with Crippen molar-refractivity contribution in [3.05, 3.63) is 66.0 Å². The number of hydrogen-bond donors (Lipinski definition) is 2. The monoisotopic (exact) mass is 427 g/mol. The van der Waals surface area contributed by atoms with Crippen LogP contribution < -0.4 is 10.2 Å². The van der Waals surface area contributed by atoms with Crippen molar-refractivity contribution >= 4 is 28.9 Å². The van der Waals surface area contributed by atoms with Gasteiger partial charge in [0.1, 0.15) is 5.52 Å². The molecule has 3 aromatic heterocycles. The Morgan fingerprint density at radius 2 is 2.00 bits per heavy atom. The molecule has 0 radical (unpaired) electrons. The van der Waals surface area contributed by atoms with E-state index in [0.29, 0.717) is 24.1 Å². The first-order valence-electron chi connectivity index (χ1n) is 11.3. The molecule has 8 heteroatoms. The lowest BCUT2D eigenvalue weighted by molar-refractivity contribution is -0.119. The highest BCUT2D eigenvalue weighted by Gasteiger charge is 2.33. The molecule has 0 unspecified atom stereocenters. The highest BCUT2D eigenvalue weighted by atomic mass is 16.1. The third-order valence-corrected chi connectivity index (χ3v) is 6.34. The second-order valence-corrected chi connectivity index (χ2v) is 8.69. The third kappa shape index (κ3) is 3.62. The lowest BCUT2D eigenvalue weighted by Crippen LogP contribution is -2.38. The molecule has 0 amide bonds. The zero-order valence-electron chi connectivity index (χ0n) is 17.7. The van der Waals surface area contributed by atoms with Crippen LogP contribution in [0.2, 0.25) is 0 Å². The van der Waals surface area contributed by atoms with Gasteiger partial charge in [0.05, 0.1) is 6.04 Å². The molecule has 32 heavy (non-hydrogen) atoms. The van der Waals surface area contributed by atoms with Gasteiger partial charge in [0.25, 0.3) is 0 Å². The molecule has 1 saturated carbocycles. The molecule has 1 aliphatic heterocycles. The number of hydrogen-bond acceptors (Lipinski definition) is 6. The largest absolute Gasteiger partial charge is 0.329 e. The van der Waals surface area contributed by atoms with E-state index in [0.717, 1.165) is 36.3 Å². The Balaban J connectivity index is 1.28. The molecule has 1 saturated heterocycles. The van der Waals surface area contributed by atoms with Gasteiger partial charge in [0, 0.05) is 36.8 Å². The van der Waals surface area contributed by atoms with E-state index in [1.807, 2.05) is 53.2 Å². The average molecular weight is 428 g/mol. The molecule has 8 nitrogen and oxygen atoms in total. The quantitative estimate of drug-likeness (QED) is 0.465. The lowest BCUT2D eigenvalue weighted by Gasteiger charge is -2.24. The number of fused-ring (bicyclic) bond motifs is 1. The van der Waals surface area contributed by atoms with Gasteiger partial charge in [0.15, 0.2) is 17.4 Å². The standard InChI is InChI=1S/C24H25N7O/c32-21(14-16-6-2-1-3-7-16)19-8-4-12-30(19)24-26-23(20-9-5-13-31(20)29-24)25-22-15-18(27-28-22)17-10-11-17/h1-3,5-7,9,13,15,17,19H,4,8,10-12,14H2,(H2,25,26,27,28,29)/t19-/m0/s1. The van der Waals surface area contributed by atoms with Crippen molar-refractivity contribution in [1.29, 1.82) is 0 Å². The van der Waals surface area contributed by atoms with Crippen LogP contribution in [0.15, 0.2) is 54.7 Å². The Kier molecular flexibility index (Phi) is 4.63. The molecule has 1 aromatic carbocycles. The van der Waals surface area contributed by atoms with E-state index < -0.39 is 0 Å². The third-order valence-electron chi connectivity index (χ3n) is 6.34. The maximum atomic E-state index is 13.1. The molecule has 0 bridgehead atoms. The summed E-state index contributed by atoms with van der Waals surface area (Å²) in [4.78, 5) is 20.0. The number of rotatable bonds is 7. The SMILES string of the molecule is O=C(Cc1ccccc1)[C@@H]1CCCN1c1nc(Nc2cc(C3CC3)[nH]n2)c2cccn2n1. The summed E-state index contributed by atoms with van der Waals surface area (Å²) in [5.41, 5.74) is 3.08. The van der Waals surface area contributed by atoms with Gasteiger partial charge in [-0.3, -0.25) is 9.89 Å². The van der Waals surface area contributed by atoms with Crippen molar-refractivity contribution in [2.24, 2.45) is 0 Å². The number of ketones is 1. The maximum absolute atomic E-state index is 13.1. The number of anilines is 3. The molecular weight excluding hydrogens is 402 g/mol. The maximum Gasteiger partial charge on any atom is 0.246 e. The van der Waals surface area contributed by atoms with Gasteiger partial charge < -0.3 is 10.2 Å². The average Bonchev–Trinajstić information content (AvgIpc) is 3.20. The summed E-state index contributed by atoms with van der Waals surface area (Å²) in [5, 5.41) is 15.6. The topological polar surface area (TPSA) is 91.2 Å². The molecule has 162 valence electrons. The number of aromatic nitrogens is 5. The molecule has 6 rings (SSSR count). The van der Waals surface area contributed by atoms with E-state index in [4.69, 9.17) is 10.1 Å². The number of carbonyl (C=O) groups is 1. The minimum Gasteiger partial charge on any atom is -0.329 e. The van der Waals surface area contributed by atoms with Gasteiger partial charge >= 0.3 is 0 Å². The van der Waals surface area contributed by atoms with Gasteiger partial charge in [-0.05, 0) is 43.4 Å². The minimum atomic E-state index is -0.206. The second-order valence-electron chi connectivity index (χ2n) is 8.69. The first-order chi connectivity index (χ1) is 15.7. The van der Waals surface area contributed by atoms with Gasteiger partial charge in [-0.1, -0.05) is 30.3 Å². The van der Waals surface area contributed by atoms with E-state index >= 15 is 0 Å². The highest BCUT2D eigenvalue weighted by Crippen LogP contribution is 2.39. The highest BCUT2D eigenvalue weighted by molar-refractivity contribution is 5.89. The molecule has 4 aromatic rings. The molecule has 2 fully saturated rings. The van der Waals surface area contributed by atoms with E-state index in [2.05, 4.69) is 26.5 Å². The second kappa shape index (κ2) is 7.78. The summed E-state index contributed by atoms with van der Waals surface area (Å²) in [5.74, 6) is 2.82. The smallest absolute Gasteiger partial charge is 0.246 e. The summed E-state index contributed by atoms with van der Waals surface area (Å²) in [6.45, 7) is 0.769. The van der Waals surface area contributed by atoms with Gasteiger partial charge in [-0.15, -0.1) is 5.10 Å². The number of aromatic amines is 1. The summed E-state index contributed by atoms with van der Waals surface area (Å²) < 4.78 is 1.82. The van der Waals surface area contributed by atoms with Crippen LogP contribution in [0.25, 0.3) is 5.52 Å². The van der Waals surface area contributed by atoms with E-state index in [9.17, 15) is 4.79 Å². The van der Waals surface area contributed by atoms with Crippen molar-refractivity contribution < 1.29 is 4.79 Å². The van der Waals surface area contributed by atoms with E-state index in [1.54, 1.807) is 0 Å². The normalized spacial score (nSPS) is 18.4. The lowest BCUT2D eigenvalue weighted by atomic mass is 10.0. The van der Waals surface area contributed by atoms with Crippen LogP contribution in [0.1, 0.15) is 42.9 Å². The van der Waals surface area contributed by atoms with Crippen molar-refractivity contribution in [2.75, 3.05) is 16.8 Å².